The van der Waals surface area contributed by atoms with Crippen molar-refractivity contribution in [1.82, 2.24) is 14.8 Å². The maximum Gasteiger partial charge on any atom is 0.246 e. The summed E-state index contributed by atoms with van der Waals surface area (Å²) in [7, 11) is 1.60. The molecule has 2 atom stereocenters. The van der Waals surface area contributed by atoms with Crippen LogP contribution >= 0.6 is 11.6 Å². The van der Waals surface area contributed by atoms with Crippen LogP contribution in [0.4, 0.5) is 0 Å². The molecule has 1 N–H and O–H groups in total. The van der Waals surface area contributed by atoms with E-state index in [-0.39, 0.29) is 24.9 Å². The molecule has 0 bridgehead atoms. The maximum atomic E-state index is 14.0. The zero-order valence-electron chi connectivity index (χ0n) is 21.2. The van der Waals surface area contributed by atoms with Gasteiger partial charge in [0.1, 0.15) is 12.6 Å². The second-order valence-electron chi connectivity index (χ2n) is 9.62. The van der Waals surface area contributed by atoms with E-state index in [0.717, 1.165) is 33.3 Å². The van der Waals surface area contributed by atoms with Crippen molar-refractivity contribution in [3.63, 3.8) is 0 Å². The molecule has 0 saturated carbocycles. The van der Waals surface area contributed by atoms with Crippen molar-refractivity contribution in [2.75, 3.05) is 20.3 Å². The van der Waals surface area contributed by atoms with E-state index in [1.165, 1.54) is 0 Å². The topological polar surface area (TPSA) is 74.9 Å². The van der Waals surface area contributed by atoms with E-state index in [1.54, 1.807) is 23.0 Å². The highest BCUT2D eigenvalue weighted by molar-refractivity contribution is 6.31. The second-order valence-corrected chi connectivity index (χ2v) is 10.0. The van der Waals surface area contributed by atoms with Crippen LogP contribution in [0.2, 0.25) is 5.02 Å². The summed E-state index contributed by atoms with van der Waals surface area (Å²) >= 11 is 6.39. The van der Waals surface area contributed by atoms with Gasteiger partial charge in [-0.25, -0.2) is 0 Å². The van der Waals surface area contributed by atoms with Gasteiger partial charge in [-0.2, -0.15) is 0 Å². The van der Waals surface area contributed by atoms with E-state index < -0.39 is 12.1 Å². The first-order chi connectivity index (χ1) is 18.5. The van der Waals surface area contributed by atoms with Crippen LogP contribution in [0, 0.1) is 0 Å². The van der Waals surface area contributed by atoms with Crippen molar-refractivity contribution in [3.8, 4) is 11.5 Å². The van der Waals surface area contributed by atoms with E-state index in [0.29, 0.717) is 29.5 Å². The van der Waals surface area contributed by atoms with Gasteiger partial charge in [-0.3, -0.25) is 9.59 Å². The summed E-state index contributed by atoms with van der Waals surface area (Å²) in [5.74, 6) is 1.03. The van der Waals surface area contributed by atoms with E-state index in [4.69, 9.17) is 21.1 Å². The third kappa shape index (κ3) is 3.98. The van der Waals surface area contributed by atoms with E-state index >= 15 is 0 Å². The molecule has 0 radical (unpaired) electrons. The molecule has 0 aliphatic carbocycles. The molecule has 4 aromatic rings. The predicted molar refractivity (Wildman–Crippen MR) is 146 cm³/mol. The summed E-state index contributed by atoms with van der Waals surface area (Å²) in [5, 5.41) is 1.64. The number of ether oxygens (including phenoxy) is 2. The number of H-pyrrole nitrogens is 1. The van der Waals surface area contributed by atoms with Gasteiger partial charge in [-0.05, 0) is 47.9 Å². The molecule has 8 heteroatoms. The highest BCUT2D eigenvalue weighted by atomic mass is 35.5. The molecule has 2 amide bonds. The van der Waals surface area contributed by atoms with Gasteiger partial charge in [0.2, 0.25) is 11.8 Å². The summed E-state index contributed by atoms with van der Waals surface area (Å²) in [6.45, 7) is 2.70. The number of para-hydroxylation sites is 1. The molecule has 38 heavy (non-hydrogen) atoms. The maximum absolute atomic E-state index is 14.0. The highest BCUT2D eigenvalue weighted by Gasteiger charge is 2.48. The molecule has 3 aromatic carbocycles. The zero-order valence-corrected chi connectivity index (χ0v) is 22.0. The minimum absolute atomic E-state index is 0.0131. The molecule has 3 heterocycles. The minimum atomic E-state index is -0.631. The number of hydrogen-bond donors (Lipinski definition) is 1. The predicted octanol–water partition coefficient (Wildman–Crippen LogP) is 5.11. The number of hydrogen-bond acceptors (Lipinski definition) is 4. The lowest BCUT2D eigenvalue weighted by atomic mass is 9.86. The quantitative estimate of drug-likeness (QED) is 0.376. The lowest BCUT2D eigenvalue weighted by Crippen LogP contribution is -2.62. The number of aromatic amines is 1. The van der Waals surface area contributed by atoms with Gasteiger partial charge in [-0.1, -0.05) is 54.1 Å². The fourth-order valence-corrected chi connectivity index (χ4v) is 5.96. The lowest BCUT2D eigenvalue weighted by Gasteiger charge is -2.47. The van der Waals surface area contributed by atoms with Crippen LogP contribution in [0.3, 0.4) is 0 Å². The number of carbonyl (C=O) groups excluding carboxylic acids is 2. The Morgan fingerprint density at radius 2 is 1.82 bits per heavy atom. The first kappa shape index (κ1) is 24.4. The van der Waals surface area contributed by atoms with Gasteiger partial charge in [0.15, 0.2) is 11.5 Å². The average Bonchev–Trinajstić information content (AvgIpc) is 3.30. The molecule has 194 valence electrons. The smallest absolute Gasteiger partial charge is 0.246 e. The third-order valence-electron chi connectivity index (χ3n) is 7.46. The molecule has 2 aliphatic heterocycles. The molecule has 0 unspecified atom stereocenters. The van der Waals surface area contributed by atoms with Crippen molar-refractivity contribution >= 4 is 34.3 Å². The number of nitrogens with one attached hydrogen (secondary N) is 1. The number of benzene rings is 3. The Kier molecular flexibility index (Phi) is 6.24. The third-order valence-corrected chi connectivity index (χ3v) is 7.83. The Morgan fingerprint density at radius 3 is 2.61 bits per heavy atom. The Bertz CT molecular complexity index is 1550. The summed E-state index contributed by atoms with van der Waals surface area (Å²) in [5.41, 5.74) is 4.63. The fourth-order valence-electron chi connectivity index (χ4n) is 5.76. The number of piperazine rings is 1. The number of nitrogens with zero attached hydrogens (tertiary/aromatic N) is 2. The second kappa shape index (κ2) is 9.72. The number of fused-ring (bicyclic) bond motifs is 4. The Balaban J connectivity index is 1.46. The van der Waals surface area contributed by atoms with Crippen molar-refractivity contribution in [1.29, 1.82) is 0 Å². The number of methoxy groups -OCH3 is 1. The molecule has 1 saturated heterocycles. The van der Waals surface area contributed by atoms with Crippen LogP contribution in [0.25, 0.3) is 10.9 Å². The molecular weight excluding hydrogens is 502 g/mol. The van der Waals surface area contributed by atoms with Gasteiger partial charge in [0.25, 0.3) is 0 Å². The van der Waals surface area contributed by atoms with Crippen LogP contribution in [0.5, 0.6) is 11.5 Å². The van der Waals surface area contributed by atoms with Crippen LogP contribution in [0.1, 0.15) is 35.3 Å². The molecule has 1 fully saturated rings. The van der Waals surface area contributed by atoms with Crippen LogP contribution < -0.4 is 9.47 Å². The number of halogens is 1. The SMILES string of the molecule is CCOc1ccc([C@H]2c3[nH]c4ccccc4c3C[C@H]3C(=O)N(Cc4ccccc4Cl)CC(=O)N23)cc1OC. The zero-order chi connectivity index (χ0) is 26.4. The van der Waals surface area contributed by atoms with Crippen molar-refractivity contribution < 1.29 is 19.1 Å². The molecule has 6 rings (SSSR count). The molecule has 2 aliphatic rings. The molecule has 0 spiro atoms. The fraction of sp³-hybridized carbons (Fsp3) is 0.267. The first-order valence-electron chi connectivity index (χ1n) is 12.7. The van der Waals surface area contributed by atoms with Crippen molar-refractivity contribution in [3.05, 3.63) is 94.1 Å². The number of amides is 2. The average molecular weight is 530 g/mol. The van der Waals surface area contributed by atoms with Gasteiger partial charge in [-0.15, -0.1) is 0 Å². The largest absolute Gasteiger partial charge is 0.493 e. The van der Waals surface area contributed by atoms with Crippen molar-refractivity contribution in [2.45, 2.75) is 32.0 Å². The lowest BCUT2D eigenvalue weighted by molar-refractivity contribution is -0.159. The van der Waals surface area contributed by atoms with Crippen LogP contribution in [-0.2, 0) is 22.6 Å². The summed E-state index contributed by atoms with van der Waals surface area (Å²) < 4.78 is 11.4. The van der Waals surface area contributed by atoms with Crippen LogP contribution in [-0.4, -0.2) is 52.9 Å². The van der Waals surface area contributed by atoms with E-state index in [2.05, 4.69) is 11.1 Å². The molecule has 7 nitrogen and oxygen atoms in total. The monoisotopic (exact) mass is 529 g/mol. The van der Waals surface area contributed by atoms with Gasteiger partial charge in [0, 0.05) is 34.6 Å². The van der Waals surface area contributed by atoms with E-state index in [1.807, 2.05) is 61.5 Å². The Morgan fingerprint density at radius 1 is 1.03 bits per heavy atom. The molecular formula is C30H28ClN3O4. The first-order valence-corrected chi connectivity index (χ1v) is 13.1. The summed E-state index contributed by atoms with van der Waals surface area (Å²) in [6, 6.07) is 20.1. The molecule has 1 aromatic heterocycles. The van der Waals surface area contributed by atoms with Crippen LogP contribution in [0.15, 0.2) is 66.7 Å². The van der Waals surface area contributed by atoms with Crippen molar-refractivity contribution in [2.24, 2.45) is 0 Å². The summed E-state index contributed by atoms with van der Waals surface area (Å²) in [6.07, 6.45) is 0.438. The van der Waals surface area contributed by atoms with Gasteiger partial charge in [0.05, 0.1) is 19.8 Å². The highest BCUT2D eigenvalue weighted by Crippen LogP contribution is 2.44. The Hall–Kier alpha value is -3.97. The minimum Gasteiger partial charge on any atom is -0.493 e. The number of aromatic nitrogens is 1. The Labute approximate surface area is 225 Å². The number of carbonyl (C=O) groups is 2. The van der Waals surface area contributed by atoms with Gasteiger partial charge >= 0.3 is 0 Å². The van der Waals surface area contributed by atoms with E-state index in [9.17, 15) is 9.59 Å². The summed E-state index contributed by atoms with van der Waals surface area (Å²) in [4.78, 5) is 34.7. The van der Waals surface area contributed by atoms with Gasteiger partial charge < -0.3 is 24.3 Å². The normalized spacial score (nSPS) is 18.9. The number of rotatable bonds is 6. The standard InChI is InChI=1S/C30H28ClN3O4/c1-3-38-25-13-12-18(14-26(25)37-2)29-28-21(20-9-5-7-11-23(20)32-28)15-24-30(36)33(17-27(35)34(24)29)16-19-8-4-6-10-22(19)31/h4-14,24,29,32H,3,15-17H2,1-2H3/t24-,29-/m0/s1.